The fourth-order valence-electron chi connectivity index (χ4n) is 1.78. The van der Waals surface area contributed by atoms with Crippen LogP contribution in [-0.2, 0) is 13.3 Å². The van der Waals surface area contributed by atoms with Gasteiger partial charge in [0.2, 0.25) is 0 Å². The van der Waals surface area contributed by atoms with Crippen LogP contribution in [0.2, 0.25) is 5.54 Å². The van der Waals surface area contributed by atoms with Gasteiger partial charge < -0.3 is 18.4 Å². The second kappa shape index (κ2) is 3.03. The van der Waals surface area contributed by atoms with Crippen molar-refractivity contribution in [2.45, 2.75) is 44.6 Å². The molecule has 0 saturated carbocycles. The second-order valence-corrected chi connectivity index (χ2v) is 7.16. The van der Waals surface area contributed by atoms with Gasteiger partial charge in [-0.15, -0.1) is 0 Å². The average Bonchev–Trinajstić information content (AvgIpc) is 2.43. The Bertz CT molecular complexity index is 210. The van der Waals surface area contributed by atoms with Gasteiger partial charge in [-0.2, -0.15) is 0 Å². The predicted octanol–water partition coefficient (Wildman–Crippen LogP) is 0.530. The van der Waals surface area contributed by atoms with E-state index >= 15 is 0 Å². The standard InChI is InChI=1S/C8H16O4Si/c1-5(2)13-10-4-7(12-13)8(9)6(3)11-13/h5-9H,4H2,1-3H3. The van der Waals surface area contributed by atoms with Crippen molar-refractivity contribution < 1.29 is 18.4 Å². The molecule has 1 N–H and O–H groups in total. The zero-order valence-electron chi connectivity index (χ0n) is 8.19. The van der Waals surface area contributed by atoms with E-state index in [2.05, 4.69) is 0 Å². The lowest BCUT2D eigenvalue weighted by molar-refractivity contribution is -0.0821. The topological polar surface area (TPSA) is 47.9 Å². The Labute approximate surface area is 79.2 Å². The summed E-state index contributed by atoms with van der Waals surface area (Å²) in [6, 6.07) is 0. The molecule has 2 aliphatic heterocycles. The number of hydrogen-bond donors (Lipinski definition) is 1. The maximum Gasteiger partial charge on any atom is 0.504 e. The van der Waals surface area contributed by atoms with Crippen LogP contribution in [0.25, 0.3) is 0 Å². The largest absolute Gasteiger partial charge is 0.504 e. The van der Waals surface area contributed by atoms with E-state index in [1.807, 2.05) is 20.8 Å². The molecule has 4 atom stereocenters. The van der Waals surface area contributed by atoms with Gasteiger partial charge in [-0.1, -0.05) is 13.8 Å². The molecule has 4 unspecified atom stereocenters. The molecule has 2 bridgehead atoms. The van der Waals surface area contributed by atoms with Gasteiger partial charge in [-0.25, -0.2) is 0 Å². The van der Waals surface area contributed by atoms with Gasteiger partial charge >= 0.3 is 8.80 Å². The quantitative estimate of drug-likeness (QED) is 0.633. The van der Waals surface area contributed by atoms with Gasteiger partial charge in [0.05, 0.1) is 12.7 Å². The van der Waals surface area contributed by atoms with Crippen LogP contribution in [0.5, 0.6) is 0 Å². The maximum absolute atomic E-state index is 9.65. The van der Waals surface area contributed by atoms with Crippen molar-refractivity contribution in [1.29, 1.82) is 0 Å². The van der Waals surface area contributed by atoms with Crippen LogP contribution in [0.4, 0.5) is 0 Å². The number of rotatable bonds is 1. The Balaban J connectivity index is 2.19. The van der Waals surface area contributed by atoms with E-state index in [4.69, 9.17) is 13.3 Å². The molecule has 0 aromatic rings. The van der Waals surface area contributed by atoms with E-state index in [1.165, 1.54) is 0 Å². The van der Waals surface area contributed by atoms with Crippen molar-refractivity contribution >= 4 is 8.80 Å². The molecule has 0 spiro atoms. The molecule has 76 valence electrons. The minimum absolute atomic E-state index is 0.157. The van der Waals surface area contributed by atoms with Gasteiger partial charge in [0, 0.05) is 5.54 Å². The fourth-order valence-corrected chi connectivity index (χ4v) is 4.53. The van der Waals surface area contributed by atoms with Gasteiger partial charge in [-0.05, 0) is 6.92 Å². The van der Waals surface area contributed by atoms with Crippen LogP contribution < -0.4 is 0 Å². The first-order valence-electron chi connectivity index (χ1n) is 4.73. The molecule has 4 nitrogen and oxygen atoms in total. The summed E-state index contributed by atoms with van der Waals surface area (Å²) in [7, 11) is -2.42. The third-order valence-corrected chi connectivity index (χ3v) is 6.00. The van der Waals surface area contributed by atoms with Crippen LogP contribution in [0.15, 0.2) is 0 Å². The van der Waals surface area contributed by atoms with E-state index in [1.54, 1.807) is 0 Å². The molecule has 0 aromatic heterocycles. The highest BCUT2D eigenvalue weighted by atomic mass is 28.4. The van der Waals surface area contributed by atoms with E-state index < -0.39 is 14.9 Å². The van der Waals surface area contributed by atoms with E-state index in [-0.39, 0.29) is 17.7 Å². The fraction of sp³-hybridized carbons (Fsp3) is 1.00. The molecular formula is C8H16O4Si. The van der Waals surface area contributed by atoms with Crippen LogP contribution in [0.1, 0.15) is 20.8 Å². The molecule has 0 aromatic carbocycles. The maximum atomic E-state index is 9.65. The average molecular weight is 204 g/mol. The number of fused-ring (bicyclic) bond motifs is 2. The molecule has 13 heavy (non-hydrogen) atoms. The molecule has 2 saturated heterocycles. The summed E-state index contributed by atoms with van der Waals surface area (Å²) in [5.74, 6) is 0. The van der Waals surface area contributed by atoms with Crippen LogP contribution in [-0.4, -0.2) is 38.8 Å². The van der Waals surface area contributed by atoms with Crippen molar-refractivity contribution in [1.82, 2.24) is 0 Å². The van der Waals surface area contributed by atoms with Crippen LogP contribution in [0, 0.1) is 0 Å². The SMILES string of the molecule is CC1O[Si]2(C(C)C)OCC(O2)C1O. The summed E-state index contributed by atoms with van der Waals surface area (Å²) in [6.07, 6.45) is -0.866. The van der Waals surface area contributed by atoms with Crippen molar-refractivity contribution in [2.75, 3.05) is 6.61 Å². The van der Waals surface area contributed by atoms with Crippen molar-refractivity contribution in [3.8, 4) is 0 Å². The van der Waals surface area contributed by atoms with E-state index in [0.29, 0.717) is 6.61 Å². The lowest BCUT2D eigenvalue weighted by atomic mass is 10.1. The first kappa shape index (κ1) is 9.61. The molecule has 2 fully saturated rings. The summed E-state index contributed by atoms with van der Waals surface area (Å²) in [4.78, 5) is 0. The zero-order valence-corrected chi connectivity index (χ0v) is 9.19. The lowest BCUT2D eigenvalue weighted by Gasteiger charge is -2.37. The summed E-state index contributed by atoms with van der Waals surface area (Å²) in [6.45, 7) is 6.44. The molecule has 0 radical (unpaired) electrons. The minimum atomic E-state index is -2.42. The summed E-state index contributed by atoms with van der Waals surface area (Å²) in [5.41, 5.74) is 0.271. The highest BCUT2D eigenvalue weighted by Crippen LogP contribution is 2.38. The Morgan fingerprint density at radius 1 is 1.38 bits per heavy atom. The second-order valence-electron chi connectivity index (χ2n) is 4.04. The summed E-state index contributed by atoms with van der Waals surface area (Å²) < 4.78 is 17.0. The molecular weight excluding hydrogens is 188 g/mol. The van der Waals surface area contributed by atoms with Crippen molar-refractivity contribution in [2.24, 2.45) is 0 Å². The first-order chi connectivity index (χ1) is 6.05. The van der Waals surface area contributed by atoms with Crippen molar-refractivity contribution in [3.05, 3.63) is 0 Å². The Morgan fingerprint density at radius 2 is 2.08 bits per heavy atom. The molecule has 2 aliphatic rings. The molecule has 5 heteroatoms. The smallest absolute Gasteiger partial charge is 0.388 e. The van der Waals surface area contributed by atoms with Gasteiger partial charge in [-0.3, -0.25) is 0 Å². The highest BCUT2D eigenvalue weighted by Gasteiger charge is 2.59. The predicted molar refractivity (Wildman–Crippen MR) is 48.2 cm³/mol. The molecule has 0 amide bonds. The minimum Gasteiger partial charge on any atom is -0.388 e. The molecule has 0 aliphatic carbocycles. The van der Waals surface area contributed by atoms with Gasteiger partial charge in [0.25, 0.3) is 0 Å². The van der Waals surface area contributed by atoms with E-state index in [0.717, 1.165) is 0 Å². The van der Waals surface area contributed by atoms with Gasteiger partial charge in [0.1, 0.15) is 12.2 Å². The van der Waals surface area contributed by atoms with Crippen LogP contribution >= 0.6 is 0 Å². The number of aliphatic hydroxyl groups is 1. The zero-order chi connectivity index (χ0) is 9.64. The lowest BCUT2D eigenvalue weighted by Crippen LogP contribution is -2.55. The molecule has 2 rings (SSSR count). The molecule has 2 heterocycles. The first-order valence-corrected chi connectivity index (χ1v) is 6.53. The van der Waals surface area contributed by atoms with Crippen LogP contribution in [0.3, 0.4) is 0 Å². The van der Waals surface area contributed by atoms with Crippen molar-refractivity contribution in [3.63, 3.8) is 0 Å². The monoisotopic (exact) mass is 204 g/mol. The summed E-state index contributed by atoms with van der Waals surface area (Å²) in [5, 5.41) is 9.65. The highest BCUT2D eigenvalue weighted by molar-refractivity contribution is 6.63. The number of aliphatic hydroxyl groups excluding tert-OH is 1. The third kappa shape index (κ3) is 1.35. The number of hydrogen-bond acceptors (Lipinski definition) is 4. The Morgan fingerprint density at radius 3 is 2.69 bits per heavy atom. The third-order valence-electron chi connectivity index (χ3n) is 2.68. The Kier molecular flexibility index (Phi) is 2.24. The summed E-state index contributed by atoms with van der Waals surface area (Å²) >= 11 is 0. The Hall–Kier alpha value is 0.0569. The normalized spacial score (nSPS) is 50.1. The van der Waals surface area contributed by atoms with E-state index in [9.17, 15) is 5.11 Å². The van der Waals surface area contributed by atoms with Gasteiger partial charge in [0.15, 0.2) is 0 Å².